The molecular weight excluding hydrogens is 276 g/mol. The minimum absolute atomic E-state index is 0.751. The predicted octanol–water partition coefficient (Wildman–Crippen LogP) is 4.18. The number of aromatic nitrogens is 1. The molecule has 0 saturated carbocycles. The van der Waals surface area contributed by atoms with Crippen LogP contribution in [0.2, 0.25) is 0 Å². The number of nitrogen functional groups attached to an aromatic ring is 1. The molecular formula is C14H11BrN2. The molecule has 0 unspecified atom stereocenters. The highest BCUT2D eigenvalue weighted by Crippen LogP contribution is 2.28. The standard InChI is InChI=1S/C14H11BrN2/c15-11-6-5-10(7-12(11)16)14-8-9-3-1-2-4-13(9)17-14/h1-8,17H,16H2. The Kier molecular flexibility index (Phi) is 2.41. The van der Waals surface area contributed by atoms with Crippen molar-refractivity contribution in [3.8, 4) is 11.3 Å². The minimum atomic E-state index is 0.751. The number of para-hydroxylation sites is 1. The molecule has 0 aliphatic heterocycles. The molecule has 0 aliphatic carbocycles. The van der Waals surface area contributed by atoms with Gasteiger partial charge in [0, 0.05) is 32.3 Å². The van der Waals surface area contributed by atoms with Gasteiger partial charge >= 0.3 is 0 Å². The zero-order valence-electron chi connectivity index (χ0n) is 9.07. The SMILES string of the molecule is Nc1cc(-c2cc3ccccc3[nH]2)ccc1Br. The van der Waals surface area contributed by atoms with Crippen LogP contribution >= 0.6 is 15.9 Å². The smallest absolute Gasteiger partial charge is 0.0465 e. The molecule has 0 spiro atoms. The van der Waals surface area contributed by atoms with E-state index in [4.69, 9.17) is 5.73 Å². The number of nitrogens with one attached hydrogen (secondary N) is 1. The summed E-state index contributed by atoms with van der Waals surface area (Å²) in [6.45, 7) is 0. The van der Waals surface area contributed by atoms with E-state index in [9.17, 15) is 0 Å². The maximum atomic E-state index is 5.89. The third-order valence-corrected chi connectivity index (χ3v) is 3.56. The van der Waals surface area contributed by atoms with Crippen molar-refractivity contribution in [2.45, 2.75) is 0 Å². The van der Waals surface area contributed by atoms with Gasteiger partial charge in [0.1, 0.15) is 0 Å². The second-order valence-electron chi connectivity index (χ2n) is 4.01. The molecule has 84 valence electrons. The van der Waals surface area contributed by atoms with Crippen LogP contribution in [0.25, 0.3) is 22.2 Å². The highest BCUT2D eigenvalue weighted by Gasteiger charge is 2.04. The average Bonchev–Trinajstić information content (AvgIpc) is 2.76. The maximum Gasteiger partial charge on any atom is 0.0465 e. The van der Waals surface area contributed by atoms with Gasteiger partial charge in [-0.2, -0.15) is 0 Å². The van der Waals surface area contributed by atoms with Gasteiger partial charge in [0.05, 0.1) is 0 Å². The van der Waals surface area contributed by atoms with E-state index in [1.54, 1.807) is 0 Å². The first-order valence-electron chi connectivity index (χ1n) is 5.37. The van der Waals surface area contributed by atoms with Crippen LogP contribution in [0.1, 0.15) is 0 Å². The molecule has 0 radical (unpaired) electrons. The van der Waals surface area contributed by atoms with E-state index in [0.29, 0.717) is 0 Å². The quantitative estimate of drug-likeness (QED) is 0.648. The van der Waals surface area contributed by atoms with Crippen molar-refractivity contribution in [3.63, 3.8) is 0 Å². The number of hydrogen-bond donors (Lipinski definition) is 2. The number of benzene rings is 2. The minimum Gasteiger partial charge on any atom is -0.398 e. The molecule has 17 heavy (non-hydrogen) atoms. The number of H-pyrrole nitrogens is 1. The number of fused-ring (bicyclic) bond motifs is 1. The molecule has 1 heterocycles. The number of rotatable bonds is 1. The Labute approximate surface area is 108 Å². The molecule has 0 fully saturated rings. The Morgan fingerprint density at radius 2 is 1.82 bits per heavy atom. The molecule has 2 nitrogen and oxygen atoms in total. The van der Waals surface area contributed by atoms with Crippen LogP contribution in [0.15, 0.2) is 53.0 Å². The Morgan fingerprint density at radius 1 is 1.00 bits per heavy atom. The van der Waals surface area contributed by atoms with Crippen LogP contribution in [0.3, 0.4) is 0 Å². The Balaban J connectivity index is 2.17. The molecule has 3 rings (SSSR count). The highest BCUT2D eigenvalue weighted by atomic mass is 79.9. The highest BCUT2D eigenvalue weighted by molar-refractivity contribution is 9.10. The predicted molar refractivity (Wildman–Crippen MR) is 75.8 cm³/mol. The Morgan fingerprint density at radius 3 is 2.59 bits per heavy atom. The fourth-order valence-electron chi connectivity index (χ4n) is 1.94. The summed E-state index contributed by atoms with van der Waals surface area (Å²) in [4.78, 5) is 3.39. The maximum absolute atomic E-state index is 5.89. The van der Waals surface area contributed by atoms with Crippen LogP contribution in [0.5, 0.6) is 0 Å². The number of halogens is 1. The first-order chi connectivity index (χ1) is 8.24. The van der Waals surface area contributed by atoms with Crippen molar-refractivity contribution < 1.29 is 0 Å². The molecule has 0 amide bonds. The first-order valence-corrected chi connectivity index (χ1v) is 6.16. The van der Waals surface area contributed by atoms with Gasteiger partial charge in [0.25, 0.3) is 0 Å². The fraction of sp³-hybridized carbons (Fsp3) is 0. The van der Waals surface area contributed by atoms with Crippen molar-refractivity contribution in [2.24, 2.45) is 0 Å². The molecule has 3 heteroatoms. The van der Waals surface area contributed by atoms with E-state index in [2.05, 4.69) is 39.1 Å². The van der Waals surface area contributed by atoms with E-state index in [1.807, 2.05) is 30.3 Å². The number of aromatic amines is 1. The fourth-order valence-corrected chi connectivity index (χ4v) is 2.19. The second kappa shape index (κ2) is 3.93. The normalized spacial score (nSPS) is 10.9. The third-order valence-electron chi connectivity index (χ3n) is 2.84. The van der Waals surface area contributed by atoms with Crippen molar-refractivity contribution in [3.05, 3.63) is 53.0 Å². The van der Waals surface area contributed by atoms with Crippen molar-refractivity contribution >= 4 is 32.5 Å². The monoisotopic (exact) mass is 286 g/mol. The van der Waals surface area contributed by atoms with E-state index in [-0.39, 0.29) is 0 Å². The summed E-state index contributed by atoms with van der Waals surface area (Å²) in [6.07, 6.45) is 0. The summed E-state index contributed by atoms with van der Waals surface area (Å²) in [6, 6.07) is 16.3. The van der Waals surface area contributed by atoms with E-state index in [0.717, 1.165) is 26.9 Å². The van der Waals surface area contributed by atoms with E-state index >= 15 is 0 Å². The topological polar surface area (TPSA) is 41.8 Å². The summed E-state index contributed by atoms with van der Waals surface area (Å²) < 4.78 is 0.928. The lowest BCUT2D eigenvalue weighted by Gasteiger charge is -2.01. The largest absolute Gasteiger partial charge is 0.398 e. The summed E-state index contributed by atoms with van der Waals surface area (Å²) in [5.41, 5.74) is 9.97. The summed E-state index contributed by atoms with van der Waals surface area (Å²) in [5.74, 6) is 0. The molecule has 3 N–H and O–H groups in total. The lowest BCUT2D eigenvalue weighted by Crippen LogP contribution is -1.87. The van der Waals surface area contributed by atoms with Gasteiger partial charge in [-0.3, -0.25) is 0 Å². The first kappa shape index (κ1) is 10.4. The molecule has 2 aromatic carbocycles. The lowest BCUT2D eigenvalue weighted by molar-refractivity contribution is 1.45. The van der Waals surface area contributed by atoms with Crippen LogP contribution in [-0.2, 0) is 0 Å². The van der Waals surface area contributed by atoms with Crippen molar-refractivity contribution in [2.75, 3.05) is 5.73 Å². The van der Waals surface area contributed by atoms with Gasteiger partial charge in [-0.1, -0.05) is 24.3 Å². The van der Waals surface area contributed by atoms with Crippen LogP contribution in [0, 0.1) is 0 Å². The van der Waals surface area contributed by atoms with Gasteiger partial charge in [-0.15, -0.1) is 0 Å². The number of anilines is 1. The van der Waals surface area contributed by atoms with Crippen LogP contribution in [0.4, 0.5) is 5.69 Å². The Bertz CT molecular complexity index is 653. The van der Waals surface area contributed by atoms with Crippen LogP contribution < -0.4 is 5.73 Å². The molecule has 0 saturated heterocycles. The molecule has 0 aliphatic rings. The molecule has 3 aromatic rings. The second-order valence-corrected chi connectivity index (χ2v) is 4.86. The van der Waals surface area contributed by atoms with Crippen LogP contribution in [-0.4, -0.2) is 4.98 Å². The zero-order valence-corrected chi connectivity index (χ0v) is 10.7. The van der Waals surface area contributed by atoms with Crippen molar-refractivity contribution in [1.29, 1.82) is 0 Å². The number of nitrogens with two attached hydrogens (primary N) is 1. The number of hydrogen-bond acceptors (Lipinski definition) is 1. The Hall–Kier alpha value is -1.74. The molecule has 1 aromatic heterocycles. The summed E-state index contributed by atoms with van der Waals surface area (Å²) in [7, 11) is 0. The molecule has 0 bridgehead atoms. The third kappa shape index (κ3) is 1.83. The van der Waals surface area contributed by atoms with Gasteiger partial charge in [-0.25, -0.2) is 0 Å². The van der Waals surface area contributed by atoms with Gasteiger partial charge in [0.15, 0.2) is 0 Å². The summed E-state index contributed by atoms with van der Waals surface area (Å²) in [5, 5.41) is 1.21. The van der Waals surface area contributed by atoms with Crippen molar-refractivity contribution in [1.82, 2.24) is 4.98 Å². The van der Waals surface area contributed by atoms with Gasteiger partial charge < -0.3 is 10.7 Å². The van der Waals surface area contributed by atoms with E-state index < -0.39 is 0 Å². The molecule has 0 atom stereocenters. The van der Waals surface area contributed by atoms with Gasteiger partial charge in [-0.05, 0) is 40.2 Å². The van der Waals surface area contributed by atoms with E-state index in [1.165, 1.54) is 5.39 Å². The summed E-state index contributed by atoms with van der Waals surface area (Å²) >= 11 is 3.40. The zero-order chi connectivity index (χ0) is 11.8. The lowest BCUT2D eigenvalue weighted by atomic mass is 10.1. The van der Waals surface area contributed by atoms with Gasteiger partial charge in [0.2, 0.25) is 0 Å². The average molecular weight is 287 g/mol.